The third kappa shape index (κ3) is 4.53. The monoisotopic (exact) mass is 252 g/mol. The number of nitrogens with one attached hydrogen (secondary N) is 1. The smallest absolute Gasteiger partial charge is 0.250 e. The number of ether oxygens (including phenoxy) is 1. The predicted molar refractivity (Wildman–Crippen MR) is 75.1 cm³/mol. The topological polar surface area (TPSA) is 43.3 Å². The zero-order valence-corrected chi connectivity index (χ0v) is 11.6. The Hall–Kier alpha value is -1.29. The van der Waals surface area contributed by atoms with E-state index in [1.807, 2.05) is 12.3 Å². The van der Waals surface area contributed by atoms with Crippen molar-refractivity contribution in [1.29, 1.82) is 0 Å². The third-order valence-electron chi connectivity index (χ3n) is 3.27. The van der Waals surface area contributed by atoms with Crippen molar-refractivity contribution >= 4 is 5.69 Å². The molecule has 0 aliphatic carbocycles. The molecule has 102 valence electrons. The minimum absolute atomic E-state index is 0.0140. The standard InChI is InChI=1S/C14H24N2O2/c1-4-12(5-2)10-15-13-6-7-14(17)16(11-13)8-9-18-3/h6-7,11-12,15H,4-5,8-10H2,1-3H3. The number of nitrogens with zero attached hydrogens (tertiary/aromatic N) is 1. The van der Waals surface area contributed by atoms with E-state index in [9.17, 15) is 4.79 Å². The molecular formula is C14H24N2O2. The maximum absolute atomic E-state index is 11.6. The first kappa shape index (κ1) is 14.8. The molecule has 0 fully saturated rings. The van der Waals surface area contributed by atoms with E-state index >= 15 is 0 Å². The Morgan fingerprint density at radius 1 is 1.33 bits per heavy atom. The molecule has 0 aromatic carbocycles. The molecule has 0 aliphatic heterocycles. The molecule has 0 saturated heterocycles. The predicted octanol–water partition coefficient (Wildman–Crippen LogP) is 2.34. The fraction of sp³-hybridized carbons (Fsp3) is 0.643. The Labute approximate surface area is 109 Å². The van der Waals surface area contributed by atoms with Gasteiger partial charge in [-0.15, -0.1) is 0 Å². The number of aromatic nitrogens is 1. The Bertz CT molecular complexity index is 397. The summed E-state index contributed by atoms with van der Waals surface area (Å²) >= 11 is 0. The summed E-state index contributed by atoms with van der Waals surface area (Å²) in [6.45, 7) is 6.51. The first-order valence-electron chi connectivity index (χ1n) is 6.64. The van der Waals surface area contributed by atoms with Crippen molar-refractivity contribution in [3.05, 3.63) is 28.7 Å². The van der Waals surface area contributed by atoms with E-state index in [2.05, 4.69) is 19.2 Å². The molecule has 0 radical (unpaired) electrons. The van der Waals surface area contributed by atoms with Gasteiger partial charge in [0.15, 0.2) is 0 Å². The summed E-state index contributed by atoms with van der Waals surface area (Å²) in [6, 6.07) is 3.44. The van der Waals surface area contributed by atoms with Gasteiger partial charge in [0.25, 0.3) is 5.56 Å². The van der Waals surface area contributed by atoms with Crippen molar-refractivity contribution in [2.75, 3.05) is 25.6 Å². The summed E-state index contributed by atoms with van der Waals surface area (Å²) in [5.74, 6) is 0.685. The lowest BCUT2D eigenvalue weighted by Crippen LogP contribution is -2.22. The van der Waals surface area contributed by atoms with Crippen LogP contribution in [0.5, 0.6) is 0 Å². The highest BCUT2D eigenvalue weighted by atomic mass is 16.5. The van der Waals surface area contributed by atoms with Gasteiger partial charge in [0.1, 0.15) is 0 Å². The zero-order chi connectivity index (χ0) is 13.4. The van der Waals surface area contributed by atoms with Gasteiger partial charge in [-0.25, -0.2) is 0 Å². The van der Waals surface area contributed by atoms with E-state index in [0.717, 1.165) is 12.2 Å². The summed E-state index contributed by atoms with van der Waals surface area (Å²) in [7, 11) is 1.64. The fourth-order valence-electron chi connectivity index (χ4n) is 1.84. The first-order valence-corrected chi connectivity index (χ1v) is 6.64. The Morgan fingerprint density at radius 3 is 2.67 bits per heavy atom. The van der Waals surface area contributed by atoms with Crippen LogP contribution < -0.4 is 10.9 Å². The lowest BCUT2D eigenvalue weighted by Gasteiger charge is -2.15. The van der Waals surface area contributed by atoms with E-state index in [-0.39, 0.29) is 5.56 Å². The van der Waals surface area contributed by atoms with Gasteiger partial charge in [0.05, 0.1) is 12.3 Å². The maximum Gasteiger partial charge on any atom is 0.250 e. The maximum atomic E-state index is 11.6. The van der Waals surface area contributed by atoms with Crippen LogP contribution in [0.3, 0.4) is 0 Å². The van der Waals surface area contributed by atoms with Crippen LogP contribution in [0, 0.1) is 5.92 Å². The van der Waals surface area contributed by atoms with Gasteiger partial charge in [-0.05, 0) is 12.0 Å². The number of rotatable bonds is 8. The Kier molecular flexibility index (Phi) is 6.50. The van der Waals surface area contributed by atoms with Crippen LogP contribution in [0.2, 0.25) is 0 Å². The van der Waals surface area contributed by atoms with Gasteiger partial charge in [-0.3, -0.25) is 4.79 Å². The van der Waals surface area contributed by atoms with Crippen molar-refractivity contribution in [2.45, 2.75) is 33.2 Å². The average Bonchev–Trinajstić information content (AvgIpc) is 2.40. The van der Waals surface area contributed by atoms with Crippen LogP contribution in [0.25, 0.3) is 0 Å². The second-order valence-electron chi connectivity index (χ2n) is 4.51. The van der Waals surface area contributed by atoms with Gasteiger partial charge >= 0.3 is 0 Å². The van der Waals surface area contributed by atoms with Crippen molar-refractivity contribution in [2.24, 2.45) is 5.92 Å². The molecule has 0 bridgehead atoms. The van der Waals surface area contributed by atoms with Gasteiger partial charge < -0.3 is 14.6 Å². The summed E-state index contributed by atoms with van der Waals surface area (Å²) in [5, 5.41) is 3.39. The van der Waals surface area contributed by atoms with Crippen molar-refractivity contribution in [3.63, 3.8) is 0 Å². The van der Waals surface area contributed by atoms with Crippen LogP contribution in [0.4, 0.5) is 5.69 Å². The zero-order valence-electron chi connectivity index (χ0n) is 11.6. The largest absolute Gasteiger partial charge is 0.384 e. The van der Waals surface area contributed by atoms with E-state index in [0.29, 0.717) is 19.1 Å². The van der Waals surface area contributed by atoms with Gasteiger partial charge in [-0.2, -0.15) is 0 Å². The van der Waals surface area contributed by atoms with E-state index in [1.165, 1.54) is 12.8 Å². The highest BCUT2D eigenvalue weighted by Gasteiger charge is 2.04. The Balaban J connectivity index is 2.63. The SMILES string of the molecule is CCC(CC)CNc1ccc(=O)n(CCOC)c1. The molecular weight excluding hydrogens is 228 g/mol. The van der Waals surface area contributed by atoms with Crippen molar-refractivity contribution < 1.29 is 4.74 Å². The van der Waals surface area contributed by atoms with Crippen LogP contribution >= 0.6 is 0 Å². The van der Waals surface area contributed by atoms with Gasteiger partial charge in [0, 0.05) is 32.5 Å². The molecule has 1 aromatic rings. The molecule has 0 unspecified atom stereocenters. The number of anilines is 1. The van der Waals surface area contributed by atoms with Crippen LogP contribution in [0.1, 0.15) is 26.7 Å². The second kappa shape index (κ2) is 7.93. The first-order chi connectivity index (χ1) is 8.71. The lowest BCUT2D eigenvalue weighted by atomic mass is 10.0. The highest BCUT2D eigenvalue weighted by Crippen LogP contribution is 2.10. The number of hydrogen-bond acceptors (Lipinski definition) is 3. The summed E-state index contributed by atoms with van der Waals surface area (Å²) < 4.78 is 6.67. The van der Waals surface area contributed by atoms with Crippen molar-refractivity contribution in [1.82, 2.24) is 4.57 Å². The molecule has 0 spiro atoms. The van der Waals surface area contributed by atoms with Gasteiger partial charge in [-0.1, -0.05) is 26.7 Å². The van der Waals surface area contributed by atoms with Gasteiger partial charge in [0.2, 0.25) is 0 Å². The molecule has 0 amide bonds. The molecule has 0 atom stereocenters. The quantitative estimate of drug-likeness (QED) is 0.772. The molecule has 1 heterocycles. The van der Waals surface area contributed by atoms with E-state index < -0.39 is 0 Å². The molecule has 4 nitrogen and oxygen atoms in total. The second-order valence-corrected chi connectivity index (χ2v) is 4.51. The lowest BCUT2D eigenvalue weighted by molar-refractivity contribution is 0.186. The van der Waals surface area contributed by atoms with Crippen LogP contribution in [-0.2, 0) is 11.3 Å². The summed E-state index contributed by atoms with van der Waals surface area (Å²) in [5.41, 5.74) is 1.01. The molecule has 1 N–H and O–H groups in total. The third-order valence-corrected chi connectivity index (χ3v) is 3.27. The number of methoxy groups -OCH3 is 1. The van der Waals surface area contributed by atoms with Crippen molar-refractivity contribution in [3.8, 4) is 0 Å². The molecule has 0 saturated carbocycles. The fourth-order valence-corrected chi connectivity index (χ4v) is 1.84. The van der Waals surface area contributed by atoms with Crippen LogP contribution in [-0.4, -0.2) is 24.8 Å². The highest BCUT2D eigenvalue weighted by molar-refractivity contribution is 5.40. The summed E-state index contributed by atoms with van der Waals surface area (Å²) in [6.07, 6.45) is 4.21. The molecule has 4 heteroatoms. The molecule has 0 aliphatic rings. The summed E-state index contributed by atoms with van der Waals surface area (Å²) in [4.78, 5) is 11.6. The number of pyridine rings is 1. The molecule has 18 heavy (non-hydrogen) atoms. The van der Waals surface area contributed by atoms with E-state index in [4.69, 9.17) is 4.74 Å². The number of hydrogen-bond donors (Lipinski definition) is 1. The molecule has 1 rings (SSSR count). The Morgan fingerprint density at radius 2 is 2.06 bits per heavy atom. The minimum atomic E-state index is 0.0140. The average molecular weight is 252 g/mol. The normalized spacial score (nSPS) is 10.9. The molecule has 1 aromatic heterocycles. The van der Waals surface area contributed by atoms with Crippen LogP contribution in [0.15, 0.2) is 23.1 Å². The van der Waals surface area contributed by atoms with E-state index in [1.54, 1.807) is 17.7 Å². The minimum Gasteiger partial charge on any atom is -0.384 e.